The van der Waals surface area contributed by atoms with Crippen molar-refractivity contribution in [3.05, 3.63) is 0 Å². The van der Waals surface area contributed by atoms with E-state index in [1.165, 1.54) is 12.8 Å². The summed E-state index contributed by atoms with van der Waals surface area (Å²) in [7, 11) is 0. The molecule has 68 valence electrons. The van der Waals surface area contributed by atoms with Gasteiger partial charge in [-0.15, -0.1) is 12.3 Å². The average molecular weight is 166 g/mol. The smallest absolute Gasteiger partial charge is 0.0684 e. The van der Waals surface area contributed by atoms with Crippen LogP contribution in [-0.4, -0.2) is 10.7 Å². The summed E-state index contributed by atoms with van der Waals surface area (Å²) in [6, 6.07) is 0. The van der Waals surface area contributed by atoms with Gasteiger partial charge < -0.3 is 5.11 Å². The molecule has 0 amide bonds. The predicted octanol–water partition coefficient (Wildman–Crippen LogP) is 2.34. The molecule has 2 unspecified atom stereocenters. The zero-order valence-corrected chi connectivity index (χ0v) is 7.84. The van der Waals surface area contributed by atoms with E-state index in [4.69, 9.17) is 6.42 Å². The molecule has 1 N–H and O–H groups in total. The fraction of sp³-hybridized carbons (Fsp3) is 0.818. The first kappa shape index (κ1) is 9.61. The summed E-state index contributed by atoms with van der Waals surface area (Å²) >= 11 is 0. The molecule has 1 nitrogen and oxygen atoms in total. The van der Waals surface area contributed by atoms with E-state index in [0.717, 1.165) is 19.3 Å². The maximum Gasteiger partial charge on any atom is 0.0684 e. The van der Waals surface area contributed by atoms with E-state index in [1.54, 1.807) is 0 Å². The number of hydrogen-bond donors (Lipinski definition) is 1. The largest absolute Gasteiger partial charge is 0.390 e. The van der Waals surface area contributed by atoms with Crippen LogP contribution in [0, 0.1) is 18.3 Å². The van der Waals surface area contributed by atoms with Crippen molar-refractivity contribution in [1.82, 2.24) is 0 Å². The molecule has 0 aromatic heterocycles. The van der Waals surface area contributed by atoms with Gasteiger partial charge in [-0.25, -0.2) is 0 Å². The lowest BCUT2D eigenvalue weighted by Crippen LogP contribution is -2.32. The van der Waals surface area contributed by atoms with E-state index >= 15 is 0 Å². The van der Waals surface area contributed by atoms with Crippen LogP contribution in [0.2, 0.25) is 0 Å². The van der Waals surface area contributed by atoms with Gasteiger partial charge in [0.25, 0.3) is 0 Å². The van der Waals surface area contributed by atoms with Crippen molar-refractivity contribution in [3.63, 3.8) is 0 Å². The molecule has 0 aliphatic heterocycles. The monoisotopic (exact) mass is 166 g/mol. The molecular weight excluding hydrogens is 148 g/mol. The second-order valence-electron chi connectivity index (χ2n) is 3.81. The van der Waals surface area contributed by atoms with Crippen LogP contribution in [0.1, 0.15) is 45.4 Å². The second kappa shape index (κ2) is 3.96. The van der Waals surface area contributed by atoms with Gasteiger partial charge in [0.1, 0.15) is 0 Å². The maximum absolute atomic E-state index is 10.2. The quantitative estimate of drug-likeness (QED) is 0.638. The molecule has 0 heterocycles. The maximum atomic E-state index is 10.2. The van der Waals surface area contributed by atoms with E-state index in [9.17, 15) is 5.11 Å². The van der Waals surface area contributed by atoms with Gasteiger partial charge in [0.05, 0.1) is 5.60 Å². The lowest BCUT2D eigenvalue weighted by atomic mass is 9.85. The van der Waals surface area contributed by atoms with Crippen molar-refractivity contribution in [2.45, 2.75) is 51.0 Å². The molecular formula is C11H18O. The van der Waals surface area contributed by atoms with Crippen LogP contribution in [0.4, 0.5) is 0 Å². The molecule has 1 aliphatic carbocycles. The Morgan fingerprint density at radius 3 is 3.00 bits per heavy atom. The summed E-state index contributed by atoms with van der Waals surface area (Å²) in [6.07, 6.45) is 11.1. The standard InChI is InChI=1S/C11H18O/c1-3-5-8-11(12)9-6-7-10(11)4-2/h1,10,12H,4-9H2,2H3. The van der Waals surface area contributed by atoms with Crippen molar-refractivity contribution in [2.75, 3.05) is 0 Å². The minimum atomic E-state index is -0.429. The van der Waals surface area contributed by atoms with Crippen LogP contribution in [0.5, 0.6) is 0 Å². The van der Waals surface area contributed by atoms with Crippen molar-refractivity contribution in [1.29, 1.82) is 0 Å². The highest BCUT2D eigenvalue weighted by molar-refractivity contribution is 4.95. The molecule has 1 heteroatoms. The highest BCUT2D eigenvalue weighted by atomic mass is 16.3. The SMILES string of the molecule is C#CCCC1(O)CCCC1CC. The molecule has 2 atom stereocenters. The molecule has 0 saturated heterocycles. The Morgan fingerprint density at radius 1 is 1.67 bits per heavy atom. The molecule has 0 radical (unpaired) electrons. The Balaban J connectivity index is 2.50. The minimum absolute atomic E-state index is 0.429. The predicted molar refractivity (Wildman–Crippen MR) is 50.6 cm³/mol. The first-order valence-corrected chi connectivity index (χ1v) is 4.89. The van der Waals surface area contributed by atoms with Gasteiger partial charge in [-0.1, -0.05) is 19.8 Å². The van der Waals surface area contributed by atoms with Crippen molar-refractivity contribution in [3.8, 4) is 12.3 Å². The Bertz CT molecular complexity index is 180. The number of terminal acetylenes is 1. The van der Waals surface area contributed by atoms with E-state index < -0.39 is 5.60 Å². The van der Waals surface area contributed by atoms with E-state index in [2.05, 4.69) is 12.8 Å². The van der Waals surface area contributed by atoms with Crippen molar-refractivity contribution in [2.24, 2.45) is 5.92 Å². The molecule has 1 fully saturated rings. The molecule has 1 rings (SSSR count). The molecule has 0 bridgehead atoms. The lowest BCUT2D eigenvalue weighted by molar-refractivity contribution is -0.00549. The summed E-state index contributed by atoms with van der Waals surface area (Å²) in [6.45, 7) is 2.15. The van der Waals surface area contributed by atoms with Crippen molar-refractivity contribution < 1.29 is 5.11 Å². The van der Waals surface area contributed by atoms with Crippen LogP contribution in [-0.2, 0) is 0 Å². The normalized spacial score (nSPS) is 34.9. The molecule has 0 aromatic rings. The van der Waals surface area contributed by atoms with Crippen LogP contribution in [0.25, 0.3) is 0 Å². The third-order valence-electron chi connectivity index (χ3n) is 3.12. The Morgan fingerprint density at radius 2 is 2.42 bits per heavy atom. The van der Waals surface area contributed by atoms with Gasteiger partial charge in [0.15, 0.2) is 0 Å². The summed E-state index contributed by atoms with van der Waals surface area (Å²) in [5, 5.41) is 10.2. The Labute approximate surface area is 75.2 Å². The second-order valence-corrected chi connectivity index (χ2v) is 3.81. The van der Waals surface area contributed by atoms with Crippen LogP contribution in [0.15, 0.2) is 0 Å². The number of rotatable bonds is 3. The highest BCUT2D eigenvalue weighted by Crippen LogP contribution is 2.40. The van der Waals surface area contributed by atoms with Gasteiger partial charge in [-0.3, -0.25) is 0 Å². The molecule has 1 saturated carbocycles. The van der Waals surface area contributed by atoms with Crippen LogP contribution >= 0.6 is 0 Å². The summed E-state index contributed by atoms with van der Waals surface area (Å²) in [5.74, 6) is 3.10. The highest BCUT2D eigenvalue weighted by Gasteiger charge is 2.38. The fourth-order valence-corrected chi connectivity index (χ4v) is 2.33. The molecule has 0 spiro atoms. The van der Waals surface area contributed by atoms with Gasteiger partial charge in [-0.2, -0.15) is 0 Å². The third-order valence-corrected chi connectivity index (χ3v) is 3.12. The van der Waals surface area contributed by atoms with Crippen molar-refractivity contribution >= 4 is 0 Å². The zero-order chi connectivity index (χ0) is 9.03. The van der Waals surface area contributed by atoms with Gasteiger partial charge in [-0.05, 0) is 25.2 Å². The van der Waals surface area contributed by atoms with E-state index in [-0.39, 0.29) is 0 Å². The summed E-state index contributed by atoms with van der Waals surface area (Å²) < 4.78 is 0. The van der Waals surface area contributed by atoms with Gasteiger partial charge >= 0.3 is 0 Å². The molecule has 0 aromatic carbocycles. The number of hydrogen-bond acceptors (Lipinski definition) is 1. The third kappa shape index (κ3) is 1.81. The first-order chi connectivity index (χ1) is 5.73. The first-order valence-electron chi connectivity index (χ1n) is 4.89. The molecule has 12 heavy (non-hydrogen) atoms. The van der Waals surface area contributed by atoms with Gasteiger partial charge in [0.2, 0.25) is 0 Å². The van der Waals surface area contributed by atoms with E-state index in [1.807, 2.05) is 0 Å². The zero-order valence-electron chi connectivity index (χ0n) is 7.84. The Hall–Kier alpha value is -0.480. The Kier molecular flexibility index (Phi) is 3.17. The van der Waals surface area contributed by atoms with E-state index in [0.29, 0.717) is 12.3 Å². The summed E-state index contributed by atoms with van der Waals surface area (Å²) in [5.41, 5.74) is -0.429. The molecule has 1 aliphatic rings. The topological polar surface area (TPSA) is 20.2 Å². The summed E-state index contributed by atoms with van der Waals surface area (Å²) in [4.78, 5) is 0. The fourth-order valence-electron chi connectivity index (χ4n) is 2.33. The van der Waals surface area contributed by atoms with Crippen LogP contribution in [0.3, 0.4) is 0 Å². The average Bonchev–Trinajstić information content (AvgIpc) is 2.44. The lowest BCUT2D eigenvalue weighted by Gasteiger charge is -2.28. The van der Waals surface area contributed by atoms with Gasteiger partial charge in [0, 0.05) is 6.42 Å². The minimum Gasteiger partial charge on any atom is -0.390 e. The van der Waals surface area contributed by atoms with Crippen LogP contribution < -0.4 is 0 Å². The number of aliphatic hydroxyl groups is 1.